The van der Waals surface area contributed by atoms with Crippen molar-refractivity contribution in [1.29, 1.82) is 0 Å². The molecule has 0 spiro atoms. The predicted molar refractivity (Wildman–Crippen MR) is 82.1 cm³/mol. The number of allylic oxidation sites excluding steroid dienone is 2. The Morgan fingerprint density at radius 1 is 1.15 bits per heavy atom. The smallest absolute Gasteiger partial charge is 0.168 e. The molecule has 1 fully saturated rings. The van der Waals surface area contributed by atoms with Crippen LogP contribution in [0, 0.1) is 11.8 Å². The van der Waals surface area contributed by atoms with Crippen LogP contribution < -0.4 is 4.57 Å². The molecule has 1 aromatic heterocycles. The van der Waals surface area contributed by atoms with Gasteiger partial charge in [-0.15, -0.1) is 0 Å². The first-order valence-corrected chi connectivity index (χ1v) is 7.69. The Morgan fingerprint density at radius 2 is 1.85 bits per heavy atom. The minimum atomic E-state index is 0.718. The van der Waals surface area contributed by atoms with Crippen LogP contribution in [-0.4, -0.2) is 18.5 Å². The summed E-state index contributed by atoms with van der Waals surface area (Å²) in [4.78, 5) is 2.23. The molecule has 0 aromatic carbocycles. The van der Waals surface area contributed by atoms with E-state index in [9.17, 15) is 0 Å². The first-order chi connectivity index (χ1) is 9.65. The van der Waals surface area contributed by atoms with Crippen LogP contribution in [-0.2, 0) is 7.05 Å². The molecule has 1 aromatic rings. The highest BCUT2D eigenvalue weighted by Crippen LogP contribution is 2.46. The van der Waals surface area contributed by atoms with Gasteiger partial charge in [0.15, 0.2) is 12.4 Å². The molecular weight excluding hydrogens is 244 g/mol. The zero-order valence-electron chi connectivity index (χ0n) is 12.8. The Balaban J connectivity index is 1.76. The van der Waals surface area contributed by atoms with Crippen LogP contribution in [0.15, 0.2) is 48.5 Å². The van der Waals surface area contributed by atoms with Crippen molar-refractivity contribution in [3.8, 4) is 0 Å². The van der Waals surface area contributed by atoms with Crippen LogP contribution in [0.1, 0.15) is 31.2 Å². The number of rotatable bonds is 2. The summed E-state index contributed by atoms with van der Waals surface area (Å²) in [7, 11) is 4.22. The third-order valence-electron chi connectivity index (χ3n) is 5.06. The molecule has 106 valence electrons. The van der Waals surface area contributed by atoms with Crippen LogP contribution in [0.25, 0.3) is 0 Å². The number of nitrogens with zero attached hydrogens (tertiary/aromatic N) is 2. The molecular formula is C18H25N2+. The molecule has 0 radical (unpaired) electrons. The van der Waals surface area contributed by atoms with E-state index in [4.69, 9.17) is 0 Å². The molecule has 0 N–H and O–H groups in total. The number of likely N-dealkylation sites (N-methyl/N-ethyl adjacent to an activating group) is 1. The van der Waals surface area contributed by atoms with E-state index in [1.807, 2.05) is 0 Å². The molecule has 20 heavy (non-hydrogen) atoms. The SMILES string of the molecule is CC1C(C2=CCN(C)C=C2)CCC1c1cc[n+](C)cc1. The summed E-state index contributed by atoms with van der Waals surface area (Å²) in [6.07, 6.45) is 13.9. The summed E-state index contributed by atoms with van der Waals surface area (Å²) in [6.45, 7) is 3.49. The van der Waals surface area contributed by atoms with E-state index in [2.05, 4.69) is 73.4 Å². The van der Waals surface area contributed by atoms with Gasteiger partial charge in [-0.1, -0.05) is 13.0 Å². The molecule has 3 atom stereocenters. The summed E-state index contributed by atoms with van der Waals surface area (Å²) in [6, 6.07) is 4.59. The molecule has 2 nitrogen and oxygen atoms in total. The van der Waals surface area contributed by atoms with Crippen LogP contribution in [0.3, 0.4) is 0 Å². The second-order valence-corrected chi connectivity index (χ2v) is 6.41. The zero-order valence-corrected chi connectivity index (χ0v) is 12.8. The Bertz CT molecular complexity index is 527. The summed E-state index contributed by atoms with van der Waals surface area (Å²) < 4.78 is 2.11. The van der Waals surface area contributed by atoms with Crippen LogP contribution >= 0.6 is 0 Å². The molecule has 1 aliphatic heterocycles. The highest BCUT2D eigenvalue weighted by molar-refractivity contribution is 5.29. The van der Waals surface area contributed by atoms with Gasteiger partial charge in [-0.2, -0.15) is 0 Å². The molecule has 1 saturated carbocycles. The lowest BCUT2D eigenvalue weighted by atomic mass is 9.82. The number of aryl methyl sites for hydroxylation is 1. The molecule has 0 saturated heterocycles. The lowest BCUT2D eigenvalue weighted by Crippen LogP contribution is -2.26. The Hall–Kier alpha value is -1.57. The second kappa shape index (κ2) is 5.43. The summed E-state index contributed by atoms with van der Waals surface area (Å²) in [5, 5.41) is 0. The van der Waals surface area contributed by atoms with Crippen molar-refractivity contribution >= 4 is 0 Å². The zero-order chi connectivity index (χ0) is 14.1. The van der Waals surface area contributed by atoms with Crippen molar-refractivity contribution in [3.63, 3.8) is 0 Å². The van der Waals surface area contributed by atoms with Crippen molar-refractivity contribution in [2.75, 3.05) is 13.6 Å². The van der Waals surface area contributed by atoms with Crippen molar-refractivity contribution in [3.05, 3.63) is 54.0 Å². The fourth-order valence-corrected chi connectivity index (χ4v) is 3.73. The van der Waals surface area contributed by atoms with Gasteiger partial charge in [-0.3, -0.25) is 0 Å². The number of hydrogen-bond acceptors (Lipinski definition) is 1. The maximum atomic E-state index is 2.43. The third kappa shape index (κ3) is 2.52. The predicted octanol–water partition coefficient (Wildman–Crippen LogP) is 3.03. The van der Waals surface area contributed by atoms with Crippen LogP contribution in [0.4, 0.5) is 0 Å². The van der Waals surface area contributed by atoms with Crippen LogP contribution in [0.5, 0.6) is 0 Å². The fraction of sp³-hybridized carbons (Fsp3) is 0.500. The highest BCUT2D eigenvalue weighted by atomic mass is 15.1. The molecule has 2 heterocycles. The molecule has 2 aliphatic rings. The first kappa shape index (κ1) is 13.4. The number of hydrogen-bond donors (Lipinski definition) is 0. The maximum Gasteiger partial charge on any atom is 0.168 e. The van der Waals surface area contributed by atoms with Crippen LogP contribution in [0.2, 0.25) is 0 Å². The monoisotopic (exact) mass is 269 g/mol. The summed E-state index contributed by atoms with van der Waals surface area (Å²) in [5.41, 5.74) is 3.06. The van der Waals surface area contributed by atoms with Gasteiger partial charge in [0.1, 0.15) is 7.05 Å². The van der Waals surface area contributed by atoms with Crippen molar-refractivity contribution in [2.24, 2.45) is 18.9 Å². The van der Waals surface area contributed by atoms with E-state index in [-0.39, 0.29) is 0 Å². The van der Waals surface area contributed by atoms with Crippen molar-refractivity contribution in [2.45, 2.75) is 25.7 Å². The van der Waals surface area contributed by atoms with Gasteiger partial charge in [-0.05, 0) is 54.0 Å². The average molecular weight is 269 g/mol. The lowest BCUT2D eigenvalue weighted by molar-refractivity contribution is -0.671. The lowest BCUT2D eigenvalue weighted by Gasteiger charge is -2.25. The van der Waals surface area contributed by atoms with Gasteiger partial charge in [0.05, 0.1) is 0 Å². The van der Waals surface area contributed by atoms with E-state index in [1.165, 1.54) is 18.4 Å². The van der Waals surface area contributed by atoms with Gasteiger partial charge in [0.2, 0.25) is 0 Å². The van der Waals surface area contributed by atoms with Gasteiger partial charge in [0.25, 0.3) is 0 Å². The van der Waals surface area contributed by atoms with Gasteiger partial charge >= 0.3 is 0 Å². The molecule has 3 unspecified atom stereocenters. The van der Waals surface area contributed by atoms with Crippen molar-refractivity contribution in [1.82, 2.24) is 4.90 Å². The largest absolute Gasteiger partial charge is 0.377 e. The molecule has 0 bridgehead atoms. The average Bonchev–Trinajstić information content (AvgIpc) is 2.83. The third-order valence-corrected chi connectivity index (χ3v) is 5.06. The molecule has 0 amide bonds. The summed E-state index contributed by atoms with van der Waals surface area (Å²) >= 11 is 0. The van der Waals surface area contributed by atoms with E-state index >= 15 is 0 Å². The Kier molecular flexibility index (Phi) is 3.64. The molecule has 3 rings (SSSR count). The van der Waals surface area contributed by atoms with E-state index in [0.717, 1.165) is 24.3 Å². The van der Waals surface area contributed by atoms with Crippen molar-refractivity contribution < 1.29 is 4.57 Å². The maximum absolute atomic E-state index is 2.43. The quantitative estimate of drug-likeness (QED) is 0.749. The minimum Gasteiger partial charge on any atom is -0.377 e. The number of pyridine rings is 1. The normalized spacial score (nSPS) is 29.6. The highest BCUT2D eigenvalue weighted by Gasteiger charge is 2.35. The van der Waals surface area contributed by atoms with Gasteiger partial charge < -0.3 is 4.90 Å². The summed E-state index contributed by atoms with van der Waals surface area (Å²) in [5.74, 6) is 2.19. The number of aromatic nitrogens is 1. The molecule has 2 heteroatoms. The Morgan fingerprint density at radius 3 is 2.50 bits per heavy atom. The first-order valence-electron chi connectivity index (χ1n) is 7.69. The standard InChI is InChI=1S/C18H25N2/c1-14-17(15-6-10-19(2)11-7-15)4-5-18(14)16-8-12-20(3)13-9-16/h6-12,14,17-18H,4-5,13H2,1-3H3/q+1. The van der Waals surface area contributed by atoms with E-state index < -0.39 is 0 Å². The Labute approximate surface area is 122 Å². The van der Waals surface area contributed by atoms with E-state index in [0.29, 0.717) is 0 Å². The topological polar surface area (TPSA) is 7.12 Å². The second-order valence-electron chi connectivity index (χ2n) is 6.41. The molecule has 1 aliphatic carbocycles. The van der Waals surface area contributed by atoms with E-state index in [1.54, 1.807) is 5.57 Å². The van der Waals surface area contributed by atoms with Gasteiger partial charge in [0, 0.05) is 25.7 Å². The van der Waals surface area contributed by atoms with Gasteiger partial charge in [-0.25, -0.2) is 4.57 Å². The minimum absolute atomic E-state index is 0.718. The fourth-order valence-electron chi connectivity index (χ4n) is 3.73.